The van der Waals surface area contributed by atoms with E-state index in [1.165, 1.54) is 0 Å². The molecule has 6 heteroatoms. The van der Waals surface area contributed by atoms with E-state index in [0.29, 0.717) is 13.0 Å². The molecule has 104 valence electrons. The maximum absolute atomic E-state index is 9.37. The third-order valence-corrected chi connectivity index (χ3v) is 3.44. The van der Waals surface area contributed by atoms with Crippen LogP contribution in [0.25, 0.3) is 5.65 Å². The van der Waals surface area contributed by atoms with Crippen LogP contribution in [0.1, 0.15) is 24.6 Å². The minimum Gasteiger partial charge on any atom is -0.394 e. The van der Waals surface area contributed by atoms with Gasteiger partial charge < -0.3 is 15.5 Å². The molecule has 0 fully saturated rings. The number of nitrogens with zero attached hydrogens (tertiary/aromatic N) is 3. The van der Waals surface area contributed by atoms with Crippen LogP contribution < -0.4 is 5.32 Å². The van der Waals surface area contributed by atoms with Gasteiger partial charge in [-0.3, -0.25) is 0 Å². The van der Waals surface area contributed by atoms with Gasteiger partial charge in [0.25, 0.3) is 0 Å². The van der Waals surface area contributed by atoms with Gasteiger partial charge in [0.05, 0.1) is 24.4 Å². The number of hydrogen-bond donors (Lipinski definition) is 3. The lowest BCUT2D eigenvalue weighted by Gasteiger charge is -2.29. The van der Waals surface area contributed by atoms with Crippen LogP contribution in [0.4, 0.5) is 0 Å². The van der Waals surface area contributed by atoms with Crippen LogP contribution >= 0.6 is 0 Å². The van der Waals surface area contributed by atoms with Crippen LogP contribution in [0.2, 0.25) is 0 Å². The summed E-state index contributed by atoms with van der Waals surface area (Å²) in [5, 5.41) is 26.2. The zero-order valence-electron chi connectivity index (χ0n) is 11.3. The predicted molar refractivity (Wildman–Crippen MR) is 71.8 cm³/mol. The largest absolute Gasteiger partial charge is 0.394 e. The molecule has 0 radical (unpaired) electrons. The Labute approximate surface area is 112 Å². The molecule has 6 nitrogen and oxygen atoms in total. The fourth-order valence-electron chi connectivity index (χ4n) is 1.93. The van der Waals surface area contributed by atoms with Crippen molar-refractivity contribution < 1.29 is 10.2 Å². The second kappa shape index (κ2) is 5.64. The topological polar surface area (TPSA) is 82.7 Å². The molecule has 2 aromatic heterocycles. The molecule has 2 rings (SSSR count). The molecule has 0 amide bonds. The minimum absolute atomic E-state index is 0.101. The molecule has 3 N–H and O–H groups in total. The van der Waals surface area contributed by atoms with Crippen LogP contribution in [-0.4, -0.2) is 43.6 Å². The maximum atomic E-state index is 9.37. The highest BCUT2D eigenvalue weighted by atomic mass is 16.3. The second-order valence-electron chi connectivity index (χ2n) is 4.85. The molecule has 0 bridgehead atoms. The summed E-state index contributed by atoms with van der Waals surface area (Å²) in [5.74, 6) is 0. The van der Waals surface area contributed by atoms with Crippen LogP contribution in [0.5, 0.6) is 0 Å². The zero-order valence-corrected chi connectivity index (χ0v) is 11.3. The third-order valence-electron chi connectivity index (χ3n) is 3.44. The van der Waals surface area contributed by atoms with Crippen molar-refractivity contribution in [3.63, 3.8) is 0 Å². The lowest BCUT2D eigenvalue weighted by molar-refractivity contribution is 0.0863. The van der Waals surface area contributed by atoms with E-state index in [-0.39, 0.29) is 13.2 Å². The van der Waals surface area contributed by atoms with E-state index in [9.17, 15) is 10.2 Å². The van der Waals surface area contributed by atoms with Crippen molar-refractivity contribution in [2.24, 2.45) is 0 Å². The van der Waals surface area contributed by atoms with Gasteiger partial charge in [-0.15, -0.1) is 0 Å². The van der Waals surface area contributed by atoms with Gasteiger partial charge in [-0.2, -0.15) is 5.10 Å². The van der Waals surface area contributed by atoms with Crippen molar-refractivity contribution in [1.82, 2.24) is 19.9 Å². The summed E-state index contributed by atoms with van der Waals surface area (Å²) in [6.07, 6.45) is 4.33. The smallest absolute Gasteiger partial charge is 0.155 e. The Morgan fingerprint density at radius 2 is 2.11 bits per heavy atom. The molecule has 0 saturated heterocycles. The molecule has 0 spiro atoms. The van der Waals surface area contributed by atoms with Crippen molar-refractivity contribution in [3.8, 4) is 0 Å². The van der Waals surface area contributed by atoms with Crippen molar-refractivity contribution >= 4 is 5.65 Å². The summed E-state index contributed by atoms with van der Waals surface area (Å²) >= 11 is 0. The number of aliphatic hydroxyl groups is 2. The van der Waals surface area contributed by atoms with Gasteiger partial charge in [-0.25, -0.2) is 9.50 Å². The molecule has 0 aromatic carbocycles. The molecule has 19 heavy (non-hydrogen) atoms. The second-order valence-corrected chi connectivity index (χ2v) is 4.85. The Balaban J connectivity index is 2.12. The first-order valence-electron chi connectivity index (χ1n) is 6.40. The summed E-state index contributed by atoms with van der Waals surface area (Å²) in [6, 6.07) is 1.91. The van der Waals surface area contributed by atoms with Gasteiger partial charge in [0.1, 0.15) is 0 Å². The molecular weight excluding hydrogens is 244 g/mol. The van der Waals surface area contributed by atoms with Gasteiger partial charge in [0.15, 0.2) is 5.65 Å². The molecule has 0 aliphatic rings. The third kappa shape index (κ3) is 2.91. The van der Waals surface area contributed by atoms with Crippen molar-refractivity contribution in [2.75, 3.05) is 13.2 Å². The summed E-state index contributed by atoms with van der Waals surface area (Å²) in [6.45, 7) is 4.17. The van der Waals surface area contributed by atoms with Gasteiger partial charge in [-0.1, -0.05) is 6.92 Å². The van der Waals surface area contributed by atoms with Crippen molar-refractivity contribution in [3.05, 3.63) is 29.7 Å². The first kappa shape index (κ1) is 13.9. The van der Waals surface area contributed by atoms with Crippen molar-refractivity contribution in [2.45, 2.75) is 32.4 Å². The molecule has 2 heterocycles. The van der Waals surface area contributed by atoms with Gasteiger partial charge in [0, 0.05) is 30.6 Å². The molecule has 0 saturated carbocycles. The lowest BCUT2D eigenvalue weighted by atomic mass is 9.98. The molecule has 0 atom stereocenters. The fourth-order valence-corrected chi connectivity index (χ4v) is 1.93. The Morgan fingerprint density at radius 1 is 1.37 bits per heavy atom. The van der Waals surface area contributed by atoms with Crippen LogP contribution in [0, 0.1) is 6.92 Å². The molecule has 0 unspecified atom stereocenters. The highest BCUT2D eigenvalue weighted by Crippen LogP contribution is 2.11. The number of hydrogen-bond acceptors (Lipinski definition) is 5. The minimum atomic E-state index is -0.644. The summed E-state index contributed by atoms with van der Waals surface area (Å²) in [5.41, 5.74) is 2.04. The quantitative estimate of drug-likeness (QED) is 0.697. The van der Waals surface area contributed by atoms with Crippen LogP contribution in [0.3, 0.4) is 0 Å². The number of aryl methyl sites for hydroxylation is 1. The standard InChI is InChI=1S/C13H20N4O2/c1-3-13(8-18,9-19)15-6-11-5-14-12-4-10(2)16-17(12)7-11/h4-5,7,15,18-19H,3,6,8-9H2,1-2H3. The maximum Gasteiger partial charge on any atom is 0.155 e. The van der Waals surface area contributed by atoms with E-state index in [4.69, 9.17) is 0 Å². The summed E-state index contributed by atoms with van der Waals surface area (Å²) in [7, 11) is 0. The Bertz CT molecular complexity index is 540. The molecule has 0 aliphatic carbocycles. The van der Waals surface area contributed by atoms with Crippen LogP contribution in [0.15, 0.2) is 18.5 Å². The van der Waals surface area contributed by atoms with Gasteiger partial charge in [0.2, 0.25) is 0 Å². The number of fused-ring (bicyclic) bond motifs is 1. The molecule has 0 aliphatic heterocycles. The zero-order chi connectivity index (χ0) is 13.9. The highest BCUT2D eigenvalue weighted by Gasteiger charge is 2.25. The molecule has 2 aromatic rings. The lowest BCUT2D eigenvalue weighted by Crippen LogP contribution is -2.50. The van der Waals surface area contributed by atoms with Gasteiger partial charge in [-0.05, 0) is 13.3 Å². The number of aromatic nitrogens is 3. The fraction of sp³-hybridized carbons (Fsp3) is 0.538. The SMILES string of the molecule is CCC(CO)(CO)NCc1cnc2cc(C)nn2c1. The Morgan fingerprint density at radius 3 is 2.74 bits per heavy atom. The highest BCUT2D eigenvalue weighted by molar-refractivity contribution is 5.38. The number of rotatable bonds is 6. The first-order chi connectivity index (χ1) is 9.12. The van der Waals surface area contributed by atoms with Gasteiger partial charge >= 0.3 is 0 Å². The predicted octanol–water partition coefficient (Wildman–Crippen LogP) is 0.261. The van der Waals surface area contributed by atoms with E-state index < -0.39 is 5.54 Å². The Hall–Kier alpha value is -1.50. The Kier molecular flexibility index (Phi) is 4.14. The summed E-state index contributed by atoms with van der Waals surface area (Å²) in [4.78, 5) is 4.32. The first-order valence-corrected chi connectivity index (χ1v) is 6.40. The summed E-state index contributed by atoms with van der Waals surface area (Å²) < 4.78 is 1.73. The van der Waals surface area contributed by atoms with E-state index in [2.05, 4.69) is 15.4 Å². The van der Waals surface area contributed by atoms with E-state index >= 15 is 0 Å². The number of aliphatic hydroxyl groups excluding tert-OH is 2. The van der Waals surface area contributed by atoms with E-state index in [0.717, 1.165) is 16.9 Å². The normalized spacial score (nSPS) is 12.2. The average Bonchev–Trinajstić information content (AvgIpc) is 2.80. The molecular formula is C13H20N4O2. The average molecular weight is 264 g/mol. The van der Waals surface area contributed by atoms with E-state index in [1.54, 1.807) is 10.7 Å². The van der Waals surface area contributed by atoms with E-state index in [1.807, 2.05) is 26.1 Å². The number of nitrogens with one attached hydrogen (secondary N) is 1. The van der Waals surface area contributed by atoms with Crippen molar-refractivity contribution in [1.29, 1.82) is 0 Å². The van der Waals surface area contributed by atoms with Crippen LogP contribution in [-0.2, 0) is 6.54 Å². The monoisotopic (exact) mass is 264 g/mol.